The Morgan fingerprint density at radius 1 is 1.24 bits per heavy atom. The van der Waals surface area contributed by atoms with E-state index in [1.807, 2.05) is 52.0 Å². The minimum atomic E-state index is -0.295. The van der Waals surface area contributed by atoms with Crippen molar-refractivity contribution in [3.63, 3.8) is 0 Å². The van der Waals surface area contributed by atoms with E-state index in [-0.39, 0.29) is 51.4 Å². The van der Waals surface area contributed by atoms with Gasteiger partial charge in [0.15, 0.2) is 5.75 Å². The smallest absolute Gasteiger partial charge is 0.278 e. The summed E-state index contributed by atoms with van der Waals surface area (Å²) in [7, 11) is 1.58. The van der Waals surface area contributed by atoms with Crippen molar-refractivity contribution in [3.05, 3.63) is 53.3 Å². The van der Waals surface area contributed by atoms with Crippen LogP contribution < -0.4 is 5.56 Å². The molecule has 0 saturated carbocycles. The molecule has 0 atom stereocenters. The maximum atomic E-state index is 12.6. The predicted molar refractivity (Wildman–Crippen MR) is 99.4 cm³/mol. The van der Waals surface area contributed by atoms with Crippen LogP contribution in [-0.2, 0) is 50.4 Å². The molecular weight excluding hydrogens is 393 g/mol. The molecule has 1 radical (unpaired) electrons. The molecule has 6 heteroatoms. The first-order valence-corrected chi connectivity index (χ1v) is 7.98. The number of methoxy groups -OCH3 is 1. The average Bonchev–Trinajstić information content (AvgIpc) is 2.58. The summed E-state index contributed by atoms with van der Waals surface area (Å²) in [4.78, 5) is 12.6. The number of rotatable bonds is 5. The molecule has 1 aromatic carbocycles. The first kappa shape index (κ1) is 26.2. The number of aromatic hydroxyl groups is 1. The second kappa shape index (κ2) is 13.2. The van der Waals surface area contributed by atoms with Gasteiger partial charge in [-0.15, -0.1) is 0 Å². The van der Waals surface area contributed by atoms with Crippen molar-refractivity contribution in [1.82, 2.24) is 9.78 Å². The van der Waals surface area contributed by atoms with E-state index in [1.54, 1.807) is 7.11 Å². The summed E-state index contributed by atoms with van der Waals surface area (Å²) in [5, 5.41) is 14.6. The van der Waals surface area contributed by atoms with Crippen molar-refractivity contribution in [2.24, 2.45) is 0 Å². The van der Waals surface area contributed by atoms with Gasteiger partial charge in [-0.3, -0.25) is 4.79 Å². The Morgan fingerprint density at radius 2 is 1.84 bits per heavy atom. The average molecular weight is 422 g/mol. The minimum Gasteiger partial charge on any atom is -0.505 e. The molecule has 0 aliphatic rings. The van der Waals surface area contributed by atoms with Crippen LogP contribution in [0.3, 0.4) is 0 Å². The zero-order valence-corrected chi connectivity index (χ0v) is 19.0. The molecule has 1 N–H and O–H groups in total. The van der Waals surface area contributed by atoms with Gasteiger partial charge in [0.05, 0.1) is 18.7 Å². The van der Waals surface area contributed by atoms with Crippen molar-refractivity contribution >= 4 is 0 Å². The molecule has 0 saturated heterocycles. The molecule has 0 spiro atoms. The Kier molecular flexibility index (Phi) is 13.8. The van der Waals surface area contributed by atoms with Gasteiger partial charge in [-0.1, -0.05) is 45.0 Å². The van der Waals surface area contributed by atoms with Crippen molar-refractivity contribution in [1.29, 1.82) is 0 Å². The maximum absolute atomic E-state index is 12.6. The molecule has 0 aliphatic carbocycles. The summed E-state index contributed by atoms with van der Waals surface area (Å²) in [6, 6.07) is 7.51. The Morgan fingerprint density at radius 3 is 2.36 bits per heavy atom. The number of benzene rings is 1. The van der Waals surface area contributed by atoms with E-state index in [1.165, 1.54) is 4.68 Å². The fraction of sp³-hybridized carbons (Fsp3) is 0.421. The van der Waals surface area contributed by atoms with Crippen LogP contribution in [0.4, 0.5) is 0 Å². The van der Waals surface area contributed by atoms with E-state index in [0.29, 0.717) is 30.8 Å². The SMILES string of the molecule is CC.CCc1nn(CCOC)c(=O)c(-c2ccccc2C)c1O.[CH3-].[Y]. The fourth-order valence-corrected chi connectivity index (χ4v) is 2.28. The van der Waals surface area contributed by atoms with Crippen molar-refractivity contribution in [3.8, 4) is 16.9 Å². The summed E-state index contributed by atoms with van der Waals surface area (Å²) in [6.07, 6.45) is 0.554. The van der Waals surface area contributed by atoms with Gasteiger partial charge >= 0.3 is 0 Å². The Hall–Kier alpha value is -1.04. The molecule has 0 bridgehead atoms. The molecule has 25 heavy (non-hydrogen) atoms. The molecule has 0 fully saturated rings. The van der Waals surface area contributed by atoms with Crippen LogP contribution in [0.15, 0.2) is 29.1 Å². The normalized spacial score (nSPS) is 9.32. The van der Waals surface area contributed by atoms with Gasteiger partial charge in [0, 0.05) is 39.8 Å². The third kappa shape index (κ3) is 6.32. The summed E-state index contributed by atoms with van der Waals surface area (Å²) in [5.41, 5.74) is 2.22. The van der Waals surface area contributed by atoms with Crippen LogP contribution in [-0.4, -0.2) is 28.6 Å². The van der Waals surface area contributed by atoms with Gasteiger partial charge in [-0.05, 0) is 24.5 Å². The van der Waals surface area contributed by atoms with Crippen LogP contribution in [0.1, 0.15) is 32.0 Å². The zero-order valence-electron chi connectivity index (χ0n) is 16.2. The van der Waals surface area contributed by atoms with Crippen molar-refractivity contribution in [2.75, 3.05) is 13.7 Å². The molecule has 0 aliphatic heterocycles. The molecule has 5 nitrogen and oxygen atoms in total. The number of hydrogen-bond donors (Lipinski definition) is 1. The van der Waals surface area contributed by atoms with Gasteiger partial charge < -0.3 is 17.3 Å². The van der Waals surface area contributed by atoms with Gasteiger partial charge in [0.1, 0.15) is 5.69 Å². The Bertz CT molecular complexity index is 700. The van der Waals surface area contributed by atoms with Gasteiger partial charge in [-0.25, -0.2) is 4.68 Å². The fourth-order valence-electron chi connectivity index (χ4n) is 2.28. The minimum absolute atomic E-state index is 0. The summed E-state index contributed by atoms with van der Waals surface area (Å²) >= 11 is 0. The standard InChI is InChI=1S/C16H20N2O3.C2H6.CH3.Y/c1-4-13-15(19)14(12-8-6-5-7-11(12)2)16(20)18(17-13)9-10-21-3;1-2;;/h5-8,19H,4,9-10H2,1-3H3;1-2H3;1H3;/q;;-1;. The first-order chi connectivity index (χ1) is 11.1. The molecule has 1 aromatic heterocycles. The van der Waals surface area contributed by atoms with Gasteiger partial charge in [-0.2, -0.15) is 5.10 Å². The van der Waals surface area contributed by atoms with E-state index in [9.17, 15) is 9.90 Å². The van der Waals surface area contributed by atoms with E-state index < -0.39 is 0 Å². The number of nitrogens with zero attached hydrogens (tertiary/aromatic N) is 2. The van der Waals surface area contributed by atoms with Crippen molar-refractivity contribution in [2.45, 2.75) is 40.7 Å². The van der Waals surface area contributed by atoms with Crippen LogP contribution in [0.25, 0.3) is 11.1 Å². The monoisotopic (exact) mass is 422 g/mol. The van der Waals surface area contributed by atoms with Crippen LogP contribution >= 0.6 is 0 Å². The topological polar surface area (TPSA) is 64.4 Å². The Balaban J connectivity index is 0. The quantitative estimate of drug-likeness (QED) is 0.748. The molecule has 2 rings (SSSR count). The second-order valence-corrected chi connectivity index (χ2v) is 4.86. The zero-order chi connectivity index (χ0) is 17.4. The number of aromatic nitrogens is 2. The predicted octanol–water partition coefficient (Wildman–Crippen LogP) is 3.61. The largest absolute Gasteiger partial charge is 0.505 e. The van der Waals surface area contributed by atoms with Crippen LogP contribution in [0.2, 0.25) is 0 Å². The first-order valence-electron chi connectivity index (χ1n) is 7.98. The summed E-state index contributed by atoms with van der Waals surface area (Å²) in [6.45, 7) is 8.57. The Labute approximate surface area is 176 Å². The maximum Gasteiger partial charge on any atom is 0.278 e. The van der Waals surface area contributed by atoms with Crippen LogP contribution in [0, 0.1) is 14.4 Å². The molecule has 0 unspecified atom stereocenters. The van der Waals surface area contributed by atoms with Crippen molar-refractivity contribution < 1.29 is 42.6 Å². The van der Waals surface area contributed by atoms with E-state index in [4.69, 9.17) is 4.74 Å². The number of aryl methyl sites for hydroxylation is 2. The third-order valence-corrected chi connectivity index (χ3v) is 3.46. The molecular formula is C19H29N2O3Y-. The molecule has 137 valence electrons. The van der Waals surface area contributed by atoms with E-state index in [0.717, 1.165) is 11.1 Å². The number of hydrogen-bond acceptors (Lipinski definition) is 4. The molecule has 0 amide bonds. The third-order valence-electron chi connectivity index (χ3n) is 3.46. The van der Waals surface area contributed by atoms with Gasteiger partial charge in [0.25, 0.3) is 5.56 Å². The van der Waals surface area contributed by atoms with E-state index >= 15 is 0 Å². The molecule has 2 aromatic rings. The second-order valence-electron chi connectivity index (χ2n) is 4.86. The van der Waals surface area contributed by atoms with Crippen LogP contribution in [0.5, 0.6) is 5.75 Å². The van der Waals surface area contributed by atoms with E-state index in [2.05, 4.69) is 5.10 Å². The number of ether oxygens (including phenoxy) is 1. The summed E-state index contributed by atoms with van der Waals surface area (Å²) in [5.74, 6) is -0.0227. The molecule has 1 heterocycles. The van der Waals surface area contributed by atoms with Gasteiger partial charge in [0.2, 0.25) is 0 Å². The summed E-state index contributed by atoms with van der Waals surface area (Å²) < 4.78 is 6.38.